The van der Waals surface area contributed by atoms with E-state index in [4.69, 9.17) is 5.41 Å². The van der Waals surface area contributed by atoms with Crippen LogP contribution >= 0.6 is 0 Å². The Hall–Kier alpha value is -1.12. The molecule has 1 rings (SSSR count). The summed E-state index contributed by atoms with van der Waals surface area (Å²) in [5.41, 5.74) is 0.319. The molecule has 48 valence electrons. The average Bonchev–Trinajstić information content (AvgIpc) is 1.89. The molecule has 0 aromatic carbocycles. The van der Waals surface area contributed by atoms with Gasteiger partial charge in [0.1, 0.15) is 0 Å². The second-order valence-electron chi connectivity index (χ2n) is 1.73. The molecule has 0 bridgehead atoms. The number of nitrogens with one attached hydrogen (secondary N) is 1. The molecule has 0 aliphatic carbocycles. The first-order valence-electron chi connectivity index (χ1n) is 2.90. The predicted octanol–water partition coefficient (Wildman–Crippen LogP) is 0.382. The van der Waals surface area contributed by atoms with E-state index in [1.54, 1.807) is 10.8 Å². The molecule has 3 heteroatoms. The molecule has 0 unspecified atom stereocenters. The fourth-order valence-corrected chi connectivity index (χ4v) is 0.656. The highest BCUT2D eigenvalue weighted by atomic mass is 15.0. The SMILES string of the molecule is CCn1cccnc1=N. The molecule has 1 N–H and O–H groups in total. The maximum absolute atomic E-state index is 7.22. The van der Waals surface area contributed by atoms with Gasteiger partial charge in [-0.3, -0.25) is 5.41 Å². The number of hydrogen-bond acceptors (Lipinski definition) is 2. The average molecular weight is 123 g/mol. The third kappa shape index (κ3) is 1.16. The van der Waals surface area contributed by atoms with Gasteiger partial charge < -0.3 is 4.57 Å². The van der Waals surface area contributed by atoms with E-state index in [0.29, 0.717) is 5.62 Å². The topological polar surface area (TPSA) is 41.7 Å². The van der Waals surface area contributed by atoms with Crippen LogP contribution in [-0.4, -0.2) is 9.55 Å². The van der Waals surface area contributed by atoms with E-state index in [1.165, 1.54) is 0 Å². The van der Waals surface area contributed by atoms with Crippen LogP contribution < -0.4 is 5.62 Å². The van der Waals surface area contributed by atoms with E-state index in [2.05, 4.69) is 4.98 Å². The predicted molar refractivity (Wildman–Crippen MR) is 33.8 cm³/mol. The number of aryl methyl sites for hydroxylation is 1. The summed E-state index contributed by atoms with van der Waals surface area (Å²) in [5, 5.41) is 7.22. The Bertz CT molecular complexity index is 238. The Morgan fingerprint density at radius 2 is 2.56 bits per heavy atom. The van der Waals surface area contributed by atoms with E-state index in [-0.39, 0.29) is 0 Å². The zero-order valence-electron chi connectivity index (χ0n) is 5.33. The molecule has 9 heavy (non-hydrogen) atoms. The van der Waals surface area contributed by atoms with Crippen LogP contribution in [0.15, 0.2) is 18.5 Å². The minimum absolute atomic E-state index is 0.319. The van der Waals surface area contributed by atoms with Crippen molar-refractivity contribution in [2.24, 2.45) is 0 Å². The Kier molecular flexibility index (Phi) is 1.63. The van der Waals surface area contributed by atoms with Gasteiger partial charge in [0.15, 0.2) is 0 Å². The highest BCUT2D eigenvalue weighted by Gasteiger charge is 1.82. The van der Waals surface area contributed by atoms with Gasteiger partial charge in [-0.2, -0.15) is 0 Å². The lowest BCUT2D eigenvalue weighted by molar-refractivity contribution is 0.669. The monoisotopic (exact) mass is 123 g/mol. The first-order chi connectivity index (χ1) is 4.34. The largest absolute Gasteiger partial charge is 0.318 e. The number of nitrogens with zero attached hydrogens (tertiary/aromatic N) is 2. The first-order valence-corrected chi connectivity index (χ1v) is 2.90. The molecule has 0 aliphatic heterocycles. The molecule has 0 atom stereocenters. The van der Waals surface area contributed by atoms with E-state index in [9.17, 15) is 0 Å². The van der Waals surface area contributed by atoms with Crippen LogP contribution in [0.5, 0.6) is 0 Å². The van der Waals surface area contributed by atoms with E-state index < -0.39 is 0 Å². The Morgan fingerprint density at radius 3 is 3.00 bits per heavy atom. The van der Waals surface area contributed by atoms with Crippen LogP contribution in [0, 0.1) is 5.41 Å². The molecular weight excluding hydrogens is 114 g/mol. The second kappa shape index (κ2) is 2.44. The molecule has 0 saturated carbocycles. The van der Waals surface area contributed by atoms with Gasteiger partial charge in [-0.25, -0.2) is 4.98 Å². The van der Waals surface area contributed by atoms with Crippen LogP contribution in [-0.2, 0) is 6.54 Å². The first kappa shape index (κ1) is 6.01. The van der Waals surface area contributed by atoms with Gasteiger partial charge >= 0.3 is 0 Å². The molecule has 0 aliphatic rings. The second-order valence-corrected chi connectivity index (χ2v) is 1.73. The van der Waals surface area contributed by atoms with Crippen LogP contribution in [0.1, 0.15) is 6.92 Å². The highest BCUT2D eigenvalue weighted by Crippen LogP contribution is 1.75. The molecule has 0 radical (unpaired) electrons. The number of aromatic nitrogens is 2. The summed E-state index contributed by atoms with van der Waals surface area (Å²) in [6, 6.07) is 1.82. The van der Waals surface area contributed by atoms with Crippen molar-refractivity contribution in [3.05, 3.63) is 24.1 Å². The molecule has 1 aromatic heterocycles. The quantitative estimate of drug-likeness (QED) is 0.576. The maximum Gasteiger partial charge on any atom is 0.221 e. The summed E-state index contributed by atoms with van der Waals surface area (Å²) in [7, 11) is 0. The van der Waals surface area contributed by atoms with Crippen LogP contribution in [0.4, 0.5) is 0 Å². The summed E-state index contributed by atoms with van der Waals surface area (Å²) in [6.07, 6.45) is 3.46. The summed E-state index contributed by atoms with van der Waals surface area (Å²) < 4.78 is 1.76. The third-order valence-corrected chi connectivity index (χ3v) is 1.16. The third-order valence-electron chi connectivity index (χ3n) is 1.16. The summed E-state index contributed by atoms with van der Waals surface area (Å²) in [6.45, 7) is 2.80. The van der Waals surface area contributed by atoms with Crippen molar-refractivity contribution in [2.75, 3.05) is 0 Å². The van der Waals surface area contributed by atoms with Crippen LogP contribution in [0.2, 0.25) is 0 Å². The molecule has 0 spiro atoms. The Morgan fingerprint density at radius 1 is 1.78 bits per heavy atom. The van der Waals surface area contributed by atoms with Gasteiger partial charge in [-0.05, 0) is 13.0 Å². The minimum Gasteiger partial charge on any atom is -0.318 e. The normalized spacial score (nSPS) is 9.44. The van der Waals surface area contributed by atoms with E-state index in [1.807, 2.05) is 19.2 Å². The van der Waals surface area contributed by atoms with Crippen molar-refractivity contribution in [3.63, 3.8) is 0 Å². The van der Waals surface area contributed by atoms with Gasteiger partial charge in [0.25, 0.3) is 0 Å². The van der Waals surface area contributed by atoms with Gasteiger partial charge in [0, 0.05) is 18.9 Å². The van der Waals surface area contributed by atoms with Gasteiger partial charge in [0.2, 0.25) is 5.62 Å². The Balaban J connectivity index is 3.16. The Labute approximate surface area is 53.5 Å². The van der Waals surface area contributed by atoms with Crippen molar-refractivity contribution in [3.8, 4) is 0 Å². The molecule has 0 saturated heterocycles. The van der Waals surface area contributed by atoms with Crippen molar-refractivity contribution in [1.82, 2.24) is 9.55 Å². The summed E-state index contributed by atoms with van der Waals surface area (Å²) in [4.78, 5) is 3.78. The fourth-order valence-electron chi connectivity index (χ4n) is 0.656. The lowest BCUT2D eigenvalue weighted by Gasteiger charge is -1.97. The fraction of sp³-hybridized carbons (Fsp3) is 0.333. The van der Waals surface area contributed by atoms with Crippen LogP contribution in [0.3, 0.4) is 0 Å². The van der Waals surface area contributed by atoms with Crippen molar-refractivity contribution < 1.29 is 0 Å². The summed E-state index contributed by atoms with van der Waals surface area (Å²) >= 11 is 0. The van der Waals surface area contributed by atoms with E-state index in [0.717, 1.165) is 6.54 Å². The summed E-state index contributed by atoms with van der Waals surface area (Å²) in [5.74, 6) is 0. The molecule has 3 nitrogen and oxygen atoms in total. The molecular formula is C6H9N3. The van der Waals surface area contributed by atoms with Crippen molar-refractivity contribution in [1.29, 1.82) is 5.41 Å². The van der Waals surface area contributed by atoms with Crippen LogP contribution in [0.25, 0.3) is 0 Å². The van der Waals surface area contributed by atoms with Gasteiger partial charge in [0.05, 0.1) is 0 Å². The minimum atomic E-state index is 0.319. The standard InChI is InChI=1S/C6H9N3/c1-2-9-5-3-4-8-6(9)7/h3-5,7H,2H2,1H3. The highest BCUT2D eigenvalue weighted by molar-refractivity contribution is 4.78. The van der Waals surface area contributed by atoms with Gasteiger partial charge in [-0.15, -0.1) is 0 Å². The molecule has 1 heterocycles. The smallest absolute Gasteiger partial charge is 0.221 e. The van der Waals surface area contributed by atoms with Crippen molar-refractivity contribution in [2.45, 2.75) is 13.5 Å². The molecule has 0 fully saturated rings. The molecule has 0 amide bonds. The van der Waals surface area contributed by atoms with Gasteiger partial charge in [-0.1, -0.05) is 0 Å². The number of rotatable bonds is 1. The maximum atomic E-state index is 7.22. The van der Waals surface area contributed by atoms with Crippen molar-refractivity contribution >= 4 is 0 Å². The zero-order chi connectivity index (χ0) is 6.69. The van der Waals surface area contributed by atoms with E-state index >= 15 is 0 Å². The number of hydrogen-bond donors (Lipinski definition) is 1. The lowest BCUT2D eigenvalue weighted by Crippen LogP contribution is -2.20. The molecule has 1 aromatic rings. The zero-order valence-corrected chi connectivity index (χ0v) is 5.33. The lowest BCUT2D eigenvalue weighted by atomic mass is 10.6.